The van der Waals surface area contributed by atoms with Gasteiger partial charge in [0, 0.05) is 24.8 Å². The summed E-state index contributed by atoms with van der Waals surface area (Å²) in [6.45, 7) is 0.584. The normalized spacial score (nSPS) is 19.5. The van der Waals surface area contributed by atoms with Gasteiger partial charge in [0.05, 0.1) is 18.2 Å². The molecule has 1 saturated heterocycles. The lowest BCUT2D eigenvalue weighted by molar-refractivity contribution is -0.127. The zero-order valence-electron chi connectivity index (χ0n) is 18.3. The number of rotatable bonds is 10. The maximum atomic E-state index is 13.0. The van der Waals surface area contributed by atoms with Gasteiger partial charge in [0.25, 0.3) is 0 Å². The van der Waals surface area contributed by atoms with E-state index in [4.69, 9.17) is 16.3 Å². The summed E-state index contributed by atoms with van der Waals surface area (Å²) < 4.78 is 5.31. The Bertz CT molecular complexity index is 1120. The molecule has 0 bridgehead atoms. The molecule has 33 heavy (non-hydrogen) atoms. The van der Waals surface area contributed by atoms with Crippen molar-refractivity contribution in [1.82, 2.24) is 20.6 Å². The molecule has 2 aromatic rings. The number of carbonyl (C=O) groups is 3. The Morgan fingerprint density at radius 1 is 1.33 bits per heavy atom. The van der Waals surface area contributed by atoms with Gasteiger partial charge in [0.1, 0.15) is 22.8 Å². The molecule has 3 atom stereocenters. The number of aromatic amines is 1. The second kappa shape index (κ2) is 9.79. The molecule has 1 aromatic carbocycles. The fourth-order valence-corrected chi connectivity index (χ4v) is 4.48. The van der Waals surface area contributed by atoms with E-state index in [1.165, 1.54) is 7.11 Å². The number of ketones is 1. The number of methoxy groups -OCH3 is 1. The van der Waals surface area contributed by atoms with E-state index in [-0.39, 0.29) is 42.2 Å². The summed E-state index contributed by atoms with van der Waals surface area (Å²) >= 11 is 6.22. The predicted molar refractivity (Wildman–Crippen MR) is 121 cm³/mol. The standard InChI is InChI=1S/C23H26ClN5O4/c1-33-18-5-4-16(24)19-20(18)29-21(28-19)17(30)10-14(8-12-2-3-12)23(32)27-15(11-25)9-13-6-7-26-22(13)31/h4-5,12-15H,2-3,6-10H2,1H3,(H,26,31)(H,27,32)(H,28,29)/t13?,14-,15+/m1/s1. The Labute approximate surface area is 196 Å². The molecule has 174 valence electrons. The van der Waals surface area contributed by atoms with E-state index >= 15 is 0 Å². The second-order valence-corrected chi connectivity index (χ2v) is 9.17. The number of H-pyrrole nitrogens is 1. The molecule has 2 heterocycles. The SMILES string of the molecule is COc1ccc(Cl)c2nc(C(=O)C[C@@H](CC3CC3)C(=O)N[C@H](C#N)CC3CCNC3=O)[nH]c12. The number of imidazole rings is 1. The van der Waals surface area contributed by atoms with Gasteiger partial charge in [-0.2, -0.15) is 5.26 Å². The summed E-state index contributed by atoms with van der Waals surface area (Å²) in [6.07, 6.45) is 3.50. The van der Waals surface area contributed by atoms with Gasteiger partial charge in [0.2, 0.25) is 11.8 Å². The topological polar surface area (TPSA) is 137 Å². The van der Waals surface area contributed by atoms with Crippen molar-refractivity contribution in [2.45, 2.75) is 44.6 Å². The molecule has 2 aliphatic rings. The number of carbonyl (C=O) groups excluding carboxylic acids is 3. The molecular formula is C23H26ClN5O4. The van der Waals surface area contributed by atoms with E-state index in [1.54, 1.807) is 12.1 Å². The highest BCUT2D eigenvalue weighted by atomic mass is 35.5. The minimum absolute atomic E-state index is 0.0375. The average Bonchev–Trinajstić information content (AvgIpc) is 3.34. The maximum absolute atomic E-state index is 13.0. The molecule has 1 unspecified atom stereocenters. The molecule has 0 radical (unpaired) electrons. The number of hydrogen-bond donors (Lipinski definition) is 3. The Morgan fingerprint density at radius 3 is 2.76 bits per heavy atom. The third kappa shape index (κ3) is 5.28. The lowest BCUT2D eigenvalue weighted by Gasteiger charge is -2.19. The number of amides is 2. The third-order valence-electron chi connectivity index (χ3n) is 6.31. The fourth-order valence-electron chi connectivity index (χ4n) is 4.29. The van der Waals surface area contributed by atoms with Gasteiger partial charge in [-0.25, -0.2) is 4.98 Å². The summed E-state index contributed by atoms with van der Waals surface area (Å²) in [5.74, 6) is -0.572. The molecule has 1 aromatic heterocycles. The monoisotopic (exact) mass is 471 g/mol. The quantitative estimate of drug-likeness (QED) is 0.455. The molecule has 2 fully saturated rings. The molecule has 1 saturated carbocycles. The van der Waals surface area contributed by atoms with Gasteiger partial charge in [0.15, 0.2) is 11.6 Å². The van der Waals surface area contributed by atoms with Crippen molar-refractivity contribution in [3.05, 3.63) is 23.0 Å². The van der Waals surface area contributed by atoms with Crippen LogP contribution in [0.1, 0.15) is 49.1 Å². The van der Waals surface area contributed by atoms with Crippen molar-refractivity contribution in [3.8, 4) is 11.8 Å². The Kier molecular flexibility index (Phi) is 6.84. The first kappa shape index (κ1) is 23.1. The Balaban J connectivity index is 1.47. The minimum Gasteiger partial charge on any atom is -0.494 e. The first-order chi connectivity index (χ1) is 15.9. The third-order valence-corrected chi connectivity index (χ3v) is 6.62. The number of nitrogens with one attached hydrogen (secondary N) is 3. The number of aromatic nitrogens is 2. The first-order valence-corrected chi connectivity index (χ1v) is 11.5. The molecule has 1 aliphatic carbocycles. The van der Waals surface area contributed by atoms with Crippen LogP contribution in [-0.4, -0.2) is 47.3 Å². The van der Waals surface area contributed by atoms with Crippen LogP contribution in [0.15, 0.2) is 12.1 Å². The summed E-state index contributed by atoms with van der Waals surface area (Å²) in [4.78, 5) is 45.2. The second-order valence-electron chi connectivity index (χ2n) is 8.76. The van der Waals surface area contributed by atoms with Gasteiger partial charge >= 0.3 is 0 Å². The molecule has 4 rings (SSSR count). The van der Waals surface area contributed by atoms with Crippen LogP contribution in [0, 0.1) is 29.1 Å². The number of halogens is 1. The van der Waals surface area contributed by atoms with E-state index < -0.39 is 12.0 Å². The molecule has 10 heteroatoms. The highest BCUT2D eigenvalue weighted by Gasteiger charge is 2.34. The van der Waals surface area contributed by atoms with Crippen molar-refractivity contribution >= 4 is 40.2 Å². The smallest absolute Gasteiger partial charge is 0.224 e. The van der Waals surface area contributed by atoms with Crippen LogP contribution in [0.5, 0.6) is 5.75 Å². The summed E-state index contributed by atoms with van der Waals surface area (Å²) in [5.41, 5.74) is 0.956. The number of ether oxygens (including phenoxy) is 1. The van der Waals surface area contributed by atoms with E-state index in [0.29, 0.717) is 47.1 Å². The zero-order valence-corrected chi connectivity index (χ0v) is 19.1. The van der Waals surface area contributed by atoms with Crippen LogP contribution in [0.3, 0.4) is 0 Å². The highest BCUT2D eigenvalue weighted by molar-refractivity contribution is 6.35. The molecule has 2 amide bonds. The van der Waals surface area contributed by atoms with Gasteiger partial charge in [-0.3, -0.25) is 14.4 Å². The molecule has 9 nitrogen and oxygen atoms in total. The minimum atomic E-state index is -0.780. The number of nitrogens with zero attached hydrogens (tertiary/aromatic N) is 2. The van der Waals surface area contributed by atoms with E-state index in [0.717, 1.165) is 12.8 Å². The summed E-state index contributed by atoms with van der Waals surface area (Å²) in [5, 5.41) is 15.4. The van der Waals surface area contributed by atoms with Gasteiger partial charge in [-0.15, -0.1) is 0 Å². The van der Waals surface area contributed by atoms with Crippen molar-refractivity contribution in [1.29, 1.82) is 5.26 Å². The van der Waals surface area contributed by atoms with E-state index in [2.05, 4.69) is 26.7 Å². The molecule has 1 aliphatic heterocycles. The van der Waals surface area contributed by atoms with Gasteiger partial charge < -0.3 is 20.4 Å². The average molecular weight is 472 g/mol. The summed E-state index contributed by atoms with van der Waals surface area (Å²) in [6, 6.07) is 4.64. The van der Waals surface area contributed by atoms with E-state index in [9.17, 15) is 19.6 Å². The predicted octanol–water partition coefficient (Wildman–Crippen LogP) is 2.75. The zero-order chi connectivity index (χ0) is 23.5. The lowest BCUT2D eigenvalue weighted by Crippen LogP contribution is -2.40. The van der Waals surface area contributed by atoms with Crippen molar-refractivity contribution in [2.24, 2.45) is 17.8 Å². The van der Waals surface area contributed by atoms with Crippen molar-refractivity contribution in [2.75, 3.05) is 13.7 Å². The fraction of sp³-hybridized carbons (Fsp3) is 0.522. The largest absolute Gasteiger partial charge is 0.494 e. The summed E-state index contributed by atoms with van der Waals surface area (Å²) in [7, 11) is 1.52. The number of hydrogen-bond acceptors (Lipinski definition) is 6. The lowest BCUT2D eigenvalue weighted by atomic mass is 9.93. The molecular weight excluding hydrogens is 446 g/mol. The van der Waals surface area contributed by atoms with Crippen LogP contribution in [0.25, 0.3) is 11.0 Å². The van der Waals surface area contributed by atoms with Crippen LogP contribution in [0.2, 0.25) is 5.02 Å². The number of Topliss-reactive ketones (excluding diaryl/α,β-unsaturated/α-hetero) is 1. The molecule has 0 spiro atoms. The van der Waals surface area contributed by atoms with Gasteiger partial charge in [-0.1, -0.05) is 24.4 Å². The van der Waals surface area contributed by atoms with Gasteiger partial charge in [-0.05, 0) is 37.3 Å². The van der Waals surface area contributed by atoms with Crippen LogP contribution < -0.4 is 15.4 Å². The van der Waals surface area contributed by atoms with E-state index in [1.807, 2.05) is 0 Å². The van der Waals surface area contributed by atoms with Crippen LogP contribution in [0.4, 0.5) is 0 Å². The van der Waals surface area contributed by atoms with Crippen molar-refractivity contribution < 1.29 is 19.1 Å². The van der Waals surface area contributed by atoms with Crippen molar-refractivity contribution in [3.63, 3.8) is 0 Å². The first-order valence-electron chi connectivity index (χ1n) is 11.1. The number of fused-ring (bicyclic) bond motifs is 1. The maximum Gasteiger partial charge on any atom is 0.224 e. The Morgan fingerprint density at radius 2 is 2.12 bits per heavy atom. The number of nitriles is 1. The van der Waals surface area contributed by atoms with Crippen LogP contribution >= 0.6 is 11.6 Å². The highest BCUT2D eigenvalue weighted by Crippen LogP contribution is 2.37. The Hall–Kier alpha value is -3.12. The van der Waals surface area contributed by atoms with Crippen LogP contribution in [-0.2, 0) is 9.59 Å². The molecule has 3 N–H and O–H groups in total. The number of benzene rings is 1.